The van der Waals surface area contributed by atoms with Crippen LogP contribution in [0.2, 0.25) is 0 Å². The van der Waals surface area contributed by atoms with Gasteiger partial charge in [-0.15, -0.1) is 0 Å². The summed E-state index contributed by atoms with van der Waals surface area (Å²) in [6.07, 6.45) is 4.17. The van der Waals surface area contributed by atoms with Crippen molar-refractivity contribution in [3.05, 3.63) is 12.3 Å². The Balaban J connectivity index is 3.36. The minimum absolute atomic E-state index is 1.11. The van der Waals surface area contributed by atoms with Crippen LogP contribution in [0.25, 0.3) is 0 Å². The molecule has 0 aromatic carbocycles. The molecule has 0 N–H and O–H groups in total. The highest BCUT2D eigenvalue weighted by Crippen LogP contribution is 1.85. The van der Waals surface area contributed by atoms with Crippen LogP contribution in [-0.4, -0.2) is 18.0 Å². The molecule has 0 heterocycles. The Morgan fingerprint density at radius 3 is 1.88 bits per heavy atom. The molecule has 0 unspecified atom stereocenters. The van der Waals surface area contributed by atoms with Crippen LogP contribution in [0.15, 0.2) is 12.3 Å². The normalized spacial score (nSPS) is 10.4. The Hall–Kier alpha value is -0.460. The lowest BCUT2D eigenvalue weighted by atomic mass is 10.5. The molecule has 0 saturated carbocycles. The van der Waals surface area contributed by atoms with Gasteiger partial charge in [0.05, 0.1) is 0 Å². The van der Waals surface area contributed by atoms with E-state index in [2.05, 4.69) is 31.0 Å². The molecule has 0 aliphatic rings. The van der Waals surface area contributed by atoms with Crippen LogP contribution in [0, 0.1) is 0 Å². The van der Waals surface area contributed by atoms with Gasteiger partial charge in [0.2, 0.25) is 0 Å². The fraction of sp³-hybridized carbons (Fsp3) is 0.714. The molecule has 0 atom stereocenters. The molecule has 8 heavy (non-hydrogen) atoms. The molecule has 1 nitrogen and oxygen atoms in total. The lowest BCUT2D eigenvalue weighted by molar-refractivity contribution is 0.418. The Labute approximate surface area is 52.0 Å². The zero-order valence-electron chi connectivity index (χ0n) is 6.02. The van der Waals surface area contributed by atoms with Gasteiger partial charge in [-0.25, -0.2) is 0 Å². The van der Waals surface area contributed by atoms with E-state index in [0.29, 0.717) is 0 Å². The highest BCUT2D eigenvalue weighted by molar-refractivity contribution is 4.76. The molecule has 0 saturated heterocycles. The van der Waals surface area contributed by atoms with Crippen LogP contribution < -0.4 is 0 Å². The van der Waals surface area contributed by atoms with Crippen molar-refractivity contribution in [1.29, 1.82) is 0 Å². The minimum Gasteiger partial charge on any atom is -0.378 e. The van der Waals surface area contributed by atoms with Gasteiger partial charge in [0.15, 0.2) is 0 Å². The van der Waals surface area contributed by atoms with Gasteiger partial charge in [0.1, 0.15) is 0 Å². The van der Waals surface area contributed by atoms with Crippen LogP contribution in [-0.2, 0) is 0 Å². The first kappa shape index (κ1) is 7.54. The molecule has 0 spiro atoms. The molecule has 0 fully saturated rings. The summed E-state index contributed by atoms with van der Waals surface area (Å²) >= 11 is 0. The topological polar surface area (TPSA) is 3.24 Å². The van der Waals surface area contributed by atoms with E-state index in [9.17, 15) is 0 Å². The summed E-state index contributed by atoms with van der Waals surface area (Å²) < 4.78 is 0. The zero-order valence-corrected chi connectivity index (χ0v) is 6.02. The SMILES string of the molecule is C/C=C/N(CC)CC. The van der Waals surface area contributed by atoms with Gasteiger partial charge >= 0.3 is 0 Å². The van der Waals surface area contributed by atoms with Crippen molar-refractivity contribution in [2.24, 2.45) is 0 Å². The maximum absolute atomic E-state index is 2.25. The Kier molecular flexibility index (Phi) is 4.42. The van der Waals surface area contributed by atoms with Gasteiger partial charge in [-0.1, -0.05) is 6.08 Å². The predicted octanol–water partition coefficient (Wildman–Crippen LogP) is 1.86. The second-order valence-electron chi connectivity index (χ2n) is 1.70. The predicted molar refractivity (Wildman–Crippen MR) is 37.7 cm³/mol. The van der Waals surface area contributed by atoms with Crippen LogP contribution in [0.3, 0.4) is 0 Å². The molecular weight excluding hydrogens is 98.1 g/mol. The van der Waals surface area contributed by atoms with Gasteiger partial charge in [-0.3, -0.25) is 0 Å². The average molecular weight is 113 g/mol. The van der Waals surface area contributed by atoms with Gasteiger partial charge in [0.25, 0.3) is 0 Å². The van der Waals surface area contributed by atoms with E-state index in [1.807, 2.05) is 6.92 Å². The third-order valence-electron chi connectivity index (χ3n) is 1.17. The van der Waals surface area contributed by atoms with E-state index in [-0.39, 0.29) is 0 Å². The average Bonchev–Trinajstić information content (AvgIpc) is 1.83. The van der Waals surface area contributed by atoms with Crippen molar-refractivity contribution in [2.45, 2.75) is 20.8 Å². The fourth-order valence-corrected chi connectivity index (χ4v) is 0.645. The number of rotatable bonds is 3. The van der Waals surface area contributed by atoms with Crippen LogP contribution in [0.5, 0.6) is 0 Å². The molecule has 0 bridgehead atoms. The van der Waals surface area contributed by atoms with E-state index in [1.165, 1.54) is 0 Å². The maximum atomic E-state index is 2.25. The minimum atomic E-state index is 1.11. The molecule has 0 amide bonds. The third kappa shape index (κ3) is 2.67. The molecular formula is C7H15N. The first-order chi connectivity index (χ1) is 3.85. The van der Waals surface area contributed by atoms with Gasteiger partial charge in [-0.2, -0.15) is 0 Å². The molecule has 0 rings (SSSR count). The largest absolute Gasteiger partial charge is 0.378 e. The molecule has 48 valence electrons. The Morgan fingerprint density at radius 1 is 1.25 bits per heavy atom. The second kappa shape index (κ2) is 4.69. The van der Waals surface area contributed by atoms with E-state index in [0.717, 1.165) is 13.1 Å². The molecule has 0 aromatic heterocycles. The summed E-state index contributed by atoms with van der Waals surface area (Å²) in [6, 6.07) is 0. The lowest BCUT2D eigenvalue weighted by Crippen LogP contribution is -2.14. The van der Waals surface area contributed by atoms with Crippen LogP contribution >= 0.6 is 0 Å². The maximum Gasteiger partial charge on any atom is 0.0143 e. The third-order valence-corrected chi connectivity index (χ3v) is 1.17. The van der Waals surface area contributed by atoms with Crippen molar-refractivity contribution in [1.82, 2.24) is 4.90 Å². The zero-order chi connectivity index (χ0) is 6.41. The van der Waals surface area contributed by atoms with E-state index in [1.54, 1.807) is 0 Å². The van der Waals surface area contributed by atoms with Crippen molar-refractivity contribution >= 4 is 0 Å². The monoisotopic (exact) mass is 113 g/mol. The first-order valence-corrected chi connectivity index (χ1v) is 3.22. The quantitative estimate of drug-likeness (QED) is 0.540. The van der Waals surface area contributed by atoms with E-state index < -0.39 is 0 Å². The summed E-state index contributed by atoms with van der Waals surface area (Å²) in [6.45, 7) is 8.58. The van der Waals surface area contributed by atoms with Crippen molar-refractivity contribution in [3.63, 3.8) is 0 Å². The number of allylic oxidation sites excluding steroid dienone is 1. The van der Waals surface area contributed by atoms with E-state index >= 15 is 0 Å². The summed E-state index contributed by atoms with van der Waals surface area (Å²) in [5.41, 5.74) is 0. The lowest BCUT2D eigenvalue weighted by Gasteiger charge is -2.13. The van der Waals surface area contributed by atoms with Crippen LogP contribution in [0.4, 0.5) is 0 Å². The van der Waals surface area contributed by atoms with Gasteiger partial charge < -0.3 is 4.90 Å². The number of hydrogen-bond acceptors (Lipinski definition) is 1. The molecule has 1 heteroatoms. The van der Waals surface area contributed by atoms with Crippen LogP contribution in [0.1, 0.15) is 20.8 Å². The molecule has 0 aliphatic carbocycles. The second-order valence-corrected chi connectivity index (χ2v) is 1.70. The summed E-state index contributed by atoms with van der Waals surface area (Å²) in [4.78, 5) is 2.25. The Morgan fingerprint density at radius 2 is 1.75 bits per heavy atom. The molecule has 0 aliphatic heterocycles. The first-order valence-electron chi connectivity index (χ1n) is 3.22. The molecule has 0 radical (unpaired) electrons. The number of nitrogens with zero attached hydrogens (tertiary/aromatic N) is 1. The summed E-state index contributed by atoms with van der Waals surface area (Å²) in [5.74, 6) is 0. The van der Waals surface area contributed by atoms with Crippen molar-refractivity contribution in [3.8, 4) is 0 Å². The summed E-state index contributed by atoms with van der Waals surface area (Å²) in [5, 5.41) is 0. The smallest absolute Gasteiger partial charge is 0.0143 e. The standard InChI is InChI=1S/C7H15N/c1-4-7-8(5-2)6-3/h4,7H,5-6H2,1-3H3/b7-4+. The highest BCUT2D eigenvalue weighted by atomic mass is 15.1. The highest BCUT2D eigenvalue weighted by Gasteiger charge is 1.84. The van der Waals surface area contributed by atoms with Gasteiger partial charge in [-0.05, 0) is 27.0 Å². The van der Waals surface area contributed by atoms with Crippen molar-refractivity contribution in [2.75, 3.05) is 13.1 Å². The Bertz CT molecular complexity index is 62.8. The number of hydrogen-bond donors (Lipinski definition) is 0. The van der Waals surface area contributed by atoms with E-state index in [4.69, 9.17) is 0 Å². The van der Waals surface area contributed by atoms with Crippen molar-refractivity contribution < 1.29 is 0 Å². The summed E-state index contributed by atoms with van der Waals surface area (Å²) in [7, 11) is 0. The molecule has 0 aromatic rings. The van der Waals surface area contributed by atoms with Gasteiger partial charge in [0, 0.05) is 13.1 Å². The fourth-order valence-electron chi connectivity index (χ4n) is 0.645.